The van der Waals surface area contributed by atoms with Crippen molar-refractivity contribution in [2.75, 3.05) is 20.6 Å². The van der Waals surface area contributed by atoms with Crippen molar-refractivity contribution in [3.05, 3.63) is 24.0 Å². The van der Waals surface area contributed by atoms with Crippen LogP contribution in [0, 0.1) is 0 Å². The van der Waals surface area contributed by atoms with Crippen LogP contribution >= 0.6 is 0 Å². The molecule has 1 amide bonds. The molecule has 0 saturated carbocycles. The van der Waals surface area contributed by atoms with E-state index in [0.29, 0.717) is 31.4 Å². The predicted molar refractivity (Wildman–Crippen MR) is 106 cm³/mol. The van der Waals surface area contributed by atoms with Gasteiger partial charge >= 0.3 is 0 Å². The van der Waals surface area contributed by atoms with Crippen LogP contribution in [-0.4, -0.2) is 54.4 Å². The van der Waals surface area contributed by atoms with Crippen molar-refractivity contribution in [1.82, 2.24) is 19.2 Å². The largest absolute Gasteiger partial charge is 0.354 e. The molecule has 0 spiro atoms. The Bertz CT molecular complexity index is 926. The second kappa shape index (κ2) is 7.95. The number of hydrogen-bond donors (Lipinski definition) is 2. The summed E-state index contributed by atoms with van der Waals surface area (Å²) < 4.78 is 27.8. The lowest BCUT2D eigenvalue weighted by molar-refractivity contribution is -0.121. The molecule has 1 heterocycles. The quantitative estimate of drug-likeness (QED) is 0.695. The molecule has 0 aliphatic heterocycles. The van der Waals surface area contributed by atoms with Gasteiger partial charge in [-0.25, -0.2) is 17.7 Å². The molecular formula is C18H29N5O3S. The van der Waals surface area contributed by atoms with E-state index in [2.05, 4.69) is 10.3 Å². The molecule has 2 rings (SSSR count). The van der Waals surface area contributed by atoms with Crippen LogP contribution in [0.4, 0.5) is 0 Å². The molecule has 150 valence electrons. The molecule has 9 heteroatoms. The number of nitrogens with zero attached hydrogens (tertiary/aromatic N) is 3. The zero-order valence-electron chi connectivity index (χ0n) is 16.6. The molecular weight excluding hydrogens is 366 g/mol. The van der Waals surface area contributed by atoms with Crippen LogP contribution < -0.4 is 11.1 Å². The number of nitrogens with two attached hydrogens (primary N) is 1. The van der Waals surface area contributed by atoms with E-state index in [4.69, 9.17) is 5.73 Å². The van der Waals surface area contributed by atoms with E-state index in [1.54, 1.807) is 18.2 Å². The molecule has 1 aromatic heterocycles. The van der Waals surface area contributed by atoms with Gasteiger partial charge in [0.1, 0.15) is 5.82 Å². The fourth-order valence-electron chi connectivity index (χ4n) is 2.71. The summed E-state index contributed by atoms with van der Waals surface area (Å²) in [6, 6.07) is 4.94. The van der Waals surface area contributed by atoms with Gasteiger partial charge in [-0.1, -0.05) is 0 Å². The first kappa shape index (κ1) is 21.3. The van der Waals surface area contributed by atoms with Gasteiger partial charge in [0.05, 0.1) is 15.9 Å². The smallest absolute Gasteiger partial charge is 0.242 e. The molecule has 2 aromatic rings. The lowest BCUT2D eigenvalue weighted by Gasteiger charge is -2.18. The number of sulfonamides is 1. The van der Waals surface area contributed by atoms with Gasteiger partial charge in [0, 0.05) is 45.6 Å². The van der Waals surface area contributed by atoms with Crippen LogP contribution in [-0.2, 0) is 27.8 Å². The number of carbonyl (C=O) groups excluding carboxylic acids is 1. The number of aryl methyl sites for hydroxylation is 2. The number of hydrogen-bond acceptors (Lipinski definition) is 5. The van der Waals surface area contributed by atoms with Crippen LogP contribution in [0.3, 0.4) is 0 Å². The lowest BCUT2D eigenvalue weighted by Crippen LogP contribution is -2.45. The van der Waals surface area contributed by atoms with E-state index < -0.39 is 15.6 Å². The highest BCUT2D eigenvalue weighted by Gasteiger charge is 2.20. The molecule has 3 N–H and O–H groups in total. The van der Waals surface area contributed by atoms with E-state index in [9.17, 15) is 13.2 Å². The Hall–Kier alpha value is -1.97. The first-order valence-corrected chi connectivity index (χ1v) is 10.4. The summed E-state index contributed by atoms with van der Waals surface area (Å²) >= 11 is 0. The highest BCUT2D eigenvalue weighted by atomic mass is 32.2. The maximum absolute atomic E-state index is 12.3. The Balaban J connectivity index is 2.24. The minimum atomic E-state index is -3.52. The zero-order valence-corrected chi connectivity index (χ0v) is 17.4. The number of benzene rings is 1. The van der Waals surface area contributed by atoms with Crippen molar-refractivity contribution in [2.24, 2.45) is 5.73 Å². The normalized spacial score (nSPS) is 12.7. The Morgan fingerprint density at radius 2 is 2.00 bits per heavy atom. The van der Waals surface area contributed by atoms with E-state index in [0.717, 1.165) is 11.3 Å². The second-order valence-corrected chi connectivity index (χ2v) is 9.63. The van der Waals surface area contributed by atoms with Crippen molar-refractivity contribution in [3.8, 4) is 0 Å². The number of rotatable bonds is 8. The SMILES string of the molecule is CCn1c(CCC(=O)NCC(C)(C)N)nc2cc(S(=O)(=O)N(C)C)ccc21. The molecule has 1 aromatic carbocycles. The van der Waals surface area contributed by atoms with Crippen LogP contribution in [0.25, 0.3) is 11.0 Å². The zero-order chi connectivity index (χ0) is 20.4. The predicted octanol–water partition coefficient (Wildman–Crippen LogP) is 1.09. The number of carbonyl (C=O) groups is 1. The third kappa shape index (κ3) is 5.06. The molecule has 27 heavy (non-hydrogen) atoms. The van der Waals surface area contributed by atoms with Gasteiger partial charge in [0.2, 0.25) is 15.9 Å². The molecule has 0 aliphatic rings. The molecule has 0 aliphatic carbocycles. The number of fused-ring (bicyclic) bond motifs is 1. The third-order valence-electron chi connectivity index (χ3n) is 4.21. The number of nitrogens with one attached hydrogen (secondary N) is 1. The van der Waals surface area contributed by atoms with Gasteiger partial charge in [-0.3, -0.25) is 4.79 Å². The Morgan fingerprint density at radius 3 is 2.56 bits per heavy atom. The fraction of sp³-hybridized carbons (Fsp3) is 0.556. The average Bonchev–Trinajstić information content (AvgIpc) is 2.93. The van der Waals surface area contributed by atoms with Gasteiger partial charge < -0.3 is 15.6 Å². The summed E-state index contributed by atoms with van der Waals surface area (Å²) in [7, 11) is -0.524. The highest BCUT2D eigenvalue weighted by molar-refractivity contribution is 7.89. The van der Waals surface area contributed by atoms with Gasteiger partial charge in [0.15, 0.2) is 0 Å². The summed E-state index contributed by atoms with van der Waals surface area (Å²) in [5.74, 6) is 0.674. The van der Waals surface area contributed by atoms with Gasteiger partial charge in [0.25, 0.3) is 0 Å². The van der Waals surface area contributed by atoms with E-state index >= 15 is 0 Å². The van der Waals surface area contributed by atoms with Gasteiger partial charge in [-0.05, 0) is 39.0 Å². The Labute approximate surface area is 160 Å². The topological polar surface area (TPSA) is 110 Å². The minimum absolute atomic E-state index is 0.0842. The monoisotopic (exact) mass is 395 g/mol. The lowest BCUT2D eigenvalue weighted by atomic mass is 10.1. The Morgan fingerprint density at radius 1 is 1.33 bits per heavy atom. The number of amides is 1. The molecule has 0 fully saturated rings. The van der Waals surface area contributed by atoms with Crippen LogP contribution in [0.5, 0.6) is 0 Å². The first-order valence-electron chi connectivity index (χ1n) is 8.93. The molecule has 0 bridgehead atoms. The van der Waals surface area contributed by atoms with E-state index in [-0.39, 0.29) is 10.8 Å². The molecule has 0 unspecified atom stereocenters. The standard InChI is InChI=1S/C18H29N5O3S/c1-6-23-15-8-7-13(27(25,26)22(4)5)11-14(15)21-16(23)9-10-17(24)20-12-18(2,3)19/h7-8,11H,6,9-10,12,19H2,1-5H3,(H,20,24). The van der Waals surface area contributed by atoms with Crippen LogP contribution in [0.15, 0.2) is 23.1 Å². The van der Waals surface area contributed by atoms with Crippen LogP contribution in [0.2, 0.25) is 0 Å². The van der Waals surface area contributed by atoms with Crippen molar-refractivity contribution in [2.45, 2.75) is 50.6 Å². The highest BCUT2D eigenvalue weighted by Crippen LogP contribution is 2.22. The van der Waals surface area contributed by atoms with Crippen molar-refractivity contribution < 1.29 is 13.2 Å². The van der Waals surface area contributed by atoms with Crippen molar-refractivity contribution in [3.63, 3.8) is 0 Å². The molecule has 0 radical (unpaired) electrons. The minimum Gasteiger partial charge on any atom is -0.354 e. The van der Waals surface area contributed by atoms with Crippen LogP contribution in [0.1, 0.15) is 33.0 Å². The summed E-state index contributed by atoms with van der Waals surface area (Å²) in [5.41, 5.74) is 6.88. The van der Waals surface area contributed by atoms with Crippen molar-refractivity contribution >= 4 is 27.0 Å². The number of aromatic nitrogens is 2. The molecule has 8 nitrogen and oxygen atoms in total. The summed E-state index contributed by atoms with van der Waals surface area (Å²) in [4.78, 5) is 16.8. The maximum atomic E-state index is 12.3. The third-order valence-corrected chi connectivity index (χ3v) is 6.02. The average molecular weight is 396 g/mol. The second-order valence-electron chi connectivity index (χ2n) is 7.48. The molecule has 0 atom stereocenters. The van der Waals surface area contributed by atoms with E-state index in [1.165, 1.54) is 18.4 Å². The maximum Gasteiger partial charge on any atom is 0.242 e. The molecule has 0 saturated heterocycles. The first-order chi connectivity index (χ1) is 12.5. The van der Waals surface area contributed by atoms with Crippen molar-refractivity contribution in [1.29, 1.82) is 0 Å². The Kier molecular flexibility index (Phi) is 6.28. The van der Waals surface area contributed by atoms with Gasteiger partial charge in [-0.15, -0.1) is 0 Å². The number of imidazole rings is 1. The summed E-state index contributed by atoms with van der Waals surface area (Å²) in [6.07, 6.45) is 0.761. The summed E-state index contributed by atoms with van der Waals surface area (Å²) in [6.45, 7) is 6.78. The fourth-order valence-corrected chi connectivity index (χ4v) is 3.64. The summed E-state index contributed by atoms with van der Waals surface area (Å²) in [5, 5.41) is 2.82. The van der Waals surface area contributed by atoms with Gasteiger partial charge in [-0.2, -0.15) is 0 Å². The van der Waals surface area contributed by atoms with E-state index in [1.807, 2.05) is 25.3 Å².